The van der Waals surface area contributed by atoms with Crippen molar-refractivity contribution in [3.8, 4) is 0 Å². The second kappa shape index (κ2) is 5.87. The van der Waals surface area contributed by atoms with E-state index in [1.54, 1.807) is 0 Å². The van der Waals surface area contributed by atoms with Gasteiger partial charge in [-0.05, 0) is 32.9 Å². The van der Waals surface area contributed by atoms with E-state index in [9.17, 15) is 0 Å². The largest absolute Gasteiger partial charge is 0.310 e. The molecular formula is C14H28N4. The van der Waals surface area contributed by atoms with Crippen molar-refractivity contribution < 1.29 is 0 Å². The van der Waals surface area contributed by atoms with Gasteiger partial charge in [-0.1, -0.05) is 0 Å². The predicted molar refractivity (Wildman–Crippen MR) is 74.9 cm³/mol. The third kappa shape index (κ3) is 3.23. The lowest BCUT2D eigenvalue weighted by molar-refractivity contribution is 0.133. The van der Waals surface area contributed by atoms with E-state index in [2.05, 4.69) is 27.1 Å². The standard InChI is InChI=1S/C14H28N4/c1-16-6-8-17(9-7-16)10-11-18-5-4-13-2-3-14(12-18)15-13/h13-15H,2-12H2,1H3. The number of piperazine rings is 1. The van der Waals surface area contributed by atoms with Gasteiger partial charge in [-0.15, -0.1) is 0 Å². The molecule has 4 heteroatoms. The maximum Gasteiger partial charge on any atom is 0.0198 e. The molecule has 3 fully saturated rings. The Morgan fingerprint density at radius 3 is 2.39 bits per heavy atom. The van der Waals surface area contributed by atoms with Crippen molar-refractivity contribution in [3.05, 3.63) is 0 Å². The summed E-state index contributed by atoms with van der Waals surface area (Å²) in [6.45, 7) is 10.1. The minimum Gasteiger partial charge on any atom is -0.310 e. The van der Waals surface area contributed by atoms with Crippen molar-refractivity contribution in [2.75, 3.05) is 59.4 Å². The van der Waals surface area contributed by atoms with Crippen LogP contribution in [0.4, 0.5) is 0 Å². The number of rotatable bonds is 3. The molecule has 104 valence electrons. The fourth-order valence-corrected chi connectivity index (χ4v) is 3.57. The molecule has 3 aliphatic rings. The highest BCUT2D eigenvalue weighted by Crippen LogP contribution is 2.20. The van der Waals surface area contributed by atoms with Crippen LogP contribution in [0.3, 0.4) is 0 Å². The Hall–Kier alpha value is -0.160. The molecule has 3 saturated heterocycles. The first-order valence-electron chi connectivity index (χ1n) is 7.69. The second-order valence-electron chi connectivity index (χ2n) is 6.37. The topological polar surface area (TPSA) is 21.8 Å². The highest BCUT2D eigenvalue weighted by molar-refractivity contribution is 4.89. The van der Waals surface area contributed by atoms with Crippen molar-refractivity contribution in [1.29, 1.82) is 0 Å². The zero-order chi connectivity index (χ0) is 12.4. The minimum absolute atomic E-state index is 0.782. The Bertz CT molecular complexity index is 263. The van der Waals surface area contributed by atoms with Gasteiger partial charge in [0.05, 0.1) is 0 Å². The van der Waals surface area contributed by atoms with Crippen LogP contribution in [0.5, 0.6) is 0 Å². The van der Waals surface area contributed by atoms with Gasteiger partial charge in [-0.3, -0.25) is 4.90 Å². The predicted octanol–water partition coefficient (Wildman–Crippen LogP) is 0.0601. The zero-order valence-corrected chi connectivity index (χ0v) is 11.8. The van der Waals surface area contributed by atoms with Crippen molar-refractivity contribution >= 4 is 0 Å². The summed E-state index contributed by atoms with van der Waals surface area (Å²) in [5.41, 5.74) is 0. The smallest absolute Gasteiger partial charge is 0.0198 e. The van der Waals surface area contributed by atoms with E-state index < -0.39 is 0 Å². The molecule has 4 nitrogen and oxygen atoms in total. The van der Waals surface area contributed by atoms with Crippen molar-refractivity contribution in [2.24, 2.45) is 0 Å². The molecule has 18 heavy (non-hydrogen) atoms. The minimum atomic E-state index is 0.782. The summed E-state index contributed by atoms with van der Waals surface area (Å²) in [6.07, 6.45) is 4.17. The summed E-state index contributed by atoms with van der Waals surface area (Å²) in [6, 6.07) is 1.61. The quantitative estimate of drug-likeness (QED) is 0.767. The second-order valence-corrected chi connectivity index (χ2v) is 6.37. The van der Waals surface area contributed by atoms with Gasteiger partial charge in [0.25, 0.3) is 0 Å². The van der Waals surface area contributed by atoms with Gasteiger partial charge >= 0.3 is 0 Å². The van der Waals surface area contributed by atoms with Gasteiger partial charge in [0.15, 0.2) is 0 Å². The third-order valence-electron chi connectivity index (χ3n) is 4.94. The zero-order valence-electron chi connectivity index (χ0n) is 11.8. The number of fused-ring (bicyclic) bond motifs is 2. The van der Waals surface area contributed by atoms with Crippen LogP contribution in [-0.2, 0) is 0 Å². The molecule has 0 radical (unpaired) electrons. The number of nitrogens with zero attached hydrogens (tertiary/aromatic N) is 3. The van der Waals surface area contributed by atoms with E-state index in [0.29, 0.717) is 0 Å². The maximum absolute atomic E-state index is 3.76. The average molecular weight is 252 g/mol. The summed E-state index contributed by atoms with van der Waals surface area (Å²) in [4.78, 5) is 7.76. The van der Waals surface area contributed by atoms with E-state index >= 15 is 0 Å². The number of hydrogen-bond acceptors (Lipinski definition) is 4. The Morgan fingerprint density at radius 2 is 1.56 bits per heavy atom. The Morgan fingerprint density at radius 1 is 0.833 bits per heavy atom. The highest BCUT2D eigenvalue weighted by Gasteiger charge is 2.29. The molecule has 0 saturated carbocycles. The van der Waals surface area contributed by atoms with Crippen LogP contribution < -0.4 is 5.32 Å². The van der Waals surface area contributed by atoms with Crippen LogP contribution in [0.1, 0.15) is 19.3 Å². The summed E-state index contributed by atoms with van der Waals surface area (Å²) in [5.74, 6) is 0. The lowest BCUT2D eigenvalue weighted by atomic mass is 10.1. The molecule has 0 amide bonds. The molecule has 2 atom stereocenters. The molecule has 2 bridgehead atoms. The molecule has 0 aromatic rings. The summed E-state index contributed by atoms with van der Waals surface area (Å²) in [7, 11) is 2.23. The van der Waals surface area contributed by atoms with E-state index in [0.717, 1.165) is 12.1 Å². The number of likely N-dealkylation sites (tertiary alicyclic amines) is 1. The first-order chi connectivity index (χ1) is 8.79. The first-order valence-corrected chi connectivity index (χ1v) is 7.69. The molecule has 0 aromatic carbocycles. The van der Waals surface area contributed by atoms with Gasteiger partial charge in [-0.2, -0.15) is 0 Å². The number of nitrogens with one attached hydrogen (secondary N) is 1. The number of hydrogen-bond donors (Lipinski definition) is 1. The lowest BCUT2D eigenvalue weighted by Gasteiger charge is -2.34. The molecule has 0 spiro atoms. The van der Waals surface area contributed by atoms with E-state index in [4.69, 9.17) is 0 Å². The van der Waals surface area contributed by atoms with Crippen LogP contribution in [0.25, 0.3) is 0 Å². The van der Waals surface area contributed by atoms with Gasteiger partial charge in [-0.25, -0.2) is 0 Å². The van der Waals surface area contributed by atoms with Gasteiger partial charge < -0.3 is 15.1 Å². The van der Waals surface area contributed by atoms with Gasteiger partial charge in [0.2, 0.25) is 0 Å². The van der Waals surface area contributed by atoms with E-state index in [1.165, 1.54) is 71.6 Å². The first kappa shape index (κ1) is 12.9. The molecular weight excluding hydrogens is 224 g/mol. The fraction of sp³-hybridized carbons (Fsp3) is 1.00. The van der Waals surface area contributed by atoms with Crippen LogP contribution >= 0.6 is 0 Å². The monoisotopic (exact) mass is 252 g/mol. The van der Waals surface area contributed by atoms with Crippen molar-refractivity contribution in [1.82, 2.24) is 20.0 Å². The van der Waals surface area contributed by atoms with Crippen molar-refractivity contribution in [2.45, 2.75) is 31.3 Å². The fourth-order valence-electron chi connectivity index (χ4n) is 3.57. The van der Waals surface area contributed by atoms with Gasteiger partial charge in [0, 0.05) is 57.9 Å². The van der Waals surface area contributed by atoms with Crippen LogP contribution in [-0.4, -0.2) is 86.2 Å². The third-order valence-corrected chi connectivity index (χ3v) is 4.94. The Kier molecular flexibility index (Phi) is 4.19. The van der Waals surface area contributed by atoms with Gasteiger partial charge in [0.1, 0.15) is 0 Å². The SMILES string of the molecule is CN1CCN(CCN2CCC3CCC(C2)N3)CC1. The molecule has 3 rings (SSSR count). The summed E-state index contributed by atoms with van der Waals surface area (Å²) in [5, 5.41) is 3.76. The normalized spacial score (nSPS) is 35.8. The Labute approximate surface area is 111 Å². The van der Waals surface area contributed by atoms with Crippen molar-refractivity contribution in [3.63, 3.8) is 0 Å². The molecule has 1 N–H and O–H groups in total. The summed E-state index contributed by atoms with van der Waals surface area (Å²) < 4.78 is 0. The summed E-state index contributed by atoms with van der Waals surface area (Å²) >= 11 is 0. The molecule has 3 aliphatic heterocycles. The molecule has 2 unspecified atom stereocenters. The van der Waals surface area contributed by atoms with Crippen LogP contribution in [0.2, 0.25) is 0 Å². The van der Waals surface area contributed by atoms with E-state index in [1.807, 2.05) is 0 Å². The molecule has 0 aromatic heterocycles. The highest BCUT2D eigenvalue weighted by atomic mass is 15.3. The molecule has 0 aliphatic carbocycles. The Balaban J connectivity index is 1.40. The van der Waals surface area contributed by atoms with Crippen LogP contribution in [0, 0.1) is 0 Å². The van der Waals surface area contributed by atoms with Crippen LogP contribution in [0.15, 0.2) is 0 Å². The number of likely N-dealkylation sites (N-methyl/N-ethyl adjacent to an activating group) is 1. The average Bonchev–Trinajstić information content (AvgIpc) is 2.70. The maximum atomic E-state index is 3.76. The lowest BCUT2D eigenvalue weighted by Crippen LogP contribution is -2.47. The molecule has 3 heterocycles. The van der Waals surface area contributed by atoms with E-state index in [-0.39, 0.29) is 0 Å².